The third-order valence-electron chi connectivity index (χ3n) is 2.87. The van der Waals surface area contributed by atoms with Crippen LogP contribution in [0.3, 0.4) is 0 Å². The van der Waals surface area contributed by atoms with Crippen LogP contribution in [0.25, 0.3) is 0 Å². The summed E-state index contributed by atoms with van der Waals surface area (Å²) in [7, 11) is 1.66. The van der Waals surface area contributed by atoms with Crippen molar-refractivity contribution in [3.05, 3.63) is 59.7 Å². The van der Waals surface area contributed by atoms with Gasteiger partial charge in [0.1, 0.15) is 18.1 Å². The Morgan fingerprint density at radius 2 is 1.63 bits per heavy atom. The molecule has 0 fully saturated rings. The summed E-state index contributed by atoms with van der Waals surface area (Å²) in [5, 5.41) is 0. The molecule has 0 heterocycles. The molecule has 100 valence electrons. The molecule has 0 saturated heterocycles. The van der Waals surface area contributed by atoms with Crippen LogP contribution >= 0.6 is 0 Å². The molecule has 3 nitrogen and oxygen atoms in total. The largest absolute Gasteiger partial charge is 0.497 e. The van der Waals surface area contributed by atoms with Crippen molar-refractivity contribution < 1.29 is 9.47 Å². The second kappa shape index (κ2) is 6.81. The summed E-state index contributed by atoms with van der Waals surface area (Å²) in [5.41, 5.74) is 7.84. The second-order valence-electron chi connectivity index (χ2n) is 4.33. The maximum atomic E-state index is 5.78. The second-order valence-corrected chi connectivity index (χ2v) is 4.33. The van der Waals surface area contributed by atoms with Gasteiger partial charge in [0, 0.05) is 0 Å². The maximum Gasteiger partial charge on any atom is 0.120 e. The fourth-order valence-corrected chi connectivity index (χ4v) is 1.89. The van der Waals surface area contributed by atoms with Crippen molar-refractivity contribution in [1.82, 2.24) is 0 Å². The van der Waals surface area contributed by atoms with Gasteiger partial charge >= 0.3 is 0 Å². The van der Waals surface area contributed by atoms with Crippen molar-refractivity contribution in [3.63, 3.8) is 0 Å². The minimum Gasteiger partial charge on any atom is -0.497 e. The molecule has 0 unspecified atom stereocenters. The molecule has 2 aromatic rings. The van der Waals surface area contributed by atoms with E-state index in [0.717, 1.165) is 23.5 Å². The van der Waals surface area contributed by atoms with Crippen LogP contribution in [-0.2, 0) is 13.0 Å². The zero-order chi connectivity index (χ0) is 13.5. The van der Waals surface area contributed by atoms with E-state index < -0.39 is 0 Å². The molecule has 0 radical (unpaired) electrons. The van der Waals surface area contributed by atoms with E-state index in [-0.39, 0.29) is 0 Å². The molecule has 0 saturated carbocycles. The summed E-state index contributed by atoms with van der Waals surface area (Å²) >= 11 is 0. The summed E-state index contributed by atoms with van der Waals surface area (Å²) in [6, 6.07) is 15.9. The van der Waals surface area contributed by atoms with Gasteiger partial charge < -0.3 is 15.2 Å². The van der Waals surface area contributed by atoms with Gasteiger partial charge in [0.15, 0.2) is 0 Å². The molecule has 0 aliphatic carbocycles. The van der Waals surface area contributed by atoms with Gasteiger partial charge in [0.05, 0.1) is 7.11 Å². The average molecular weight is 257 g/mol. The summed E-state index contributed by atoms with van der Waals surface area (Å²) in [6.07, 6.45) is 0.871. The number of hydrogen-bond donors (Lipinski definition) is 1. The van der Waals surface area contributed by atoms with Gasteiger partial charge in [-0.1, -0.05) is 24.3 Å². The van der Waals surface area contributed by atoms with Crippen molar-refractivity contribution in [2.75, 3.05) is 13.7 Å². The van der Waals surface area contributed by atoms with Gasteiger partial charge in [0.2, 0.25) is 0 Å². The minimum absolute atomic E-state index is 0.531. The molecule has 0 aliphatic heterocycles. The van der Waals surface area contributed by atoms with Crippen molar-refractivity contribution in [2.24, 2.45) is 5.73 Å². The Morgan fingerprint density at radius 3 is 2.37 bits per heavy atom. The Labute approximate surface area is 114 Å². The van der Waals surface area contributed by atoms with E-state index in [9.17, 15) is 0 Å². The Morgan fingerprint density at radius 1 is 0.947 bits per heavy atom. The fraction of sp³-hybridized carbons (Fsp3) is 0.250. The van der Waals surface area contributed by atoms with Crippen LogP contribution in [-0.4, -0.2) is 13.7 Å². The molecule has 2 aromatic carbocycles. The Bertz CT molecular complexity index is 526. The molecule has 0 aromatic heterocycles. The van der Waals surface area contributed by atoms with Crippen LogP contribution in [0.15, 0.2) is 48.5 Å². The summed E-state index contributed by atoms with van der Waals surface area (Å²) in [5.74, 6) is 1.71. The van der Waals surface area contributed by atoms with Crippen molar-refractivity contribution in [2.45, 2.75) is 13.0 Å². The normalized spacial score (nSPS) is 10.2. The van der Waals surface area contributed by atoms with Crippen molar-refractivity contribution in [1.29, 1.82) is 0 Å². The minimum atomic E-state index is 0.531. The van der Waals surface area contributed by atoms with Crippen LogP contribution in [0.4, 0.5) is 0 Å². The molecule has 0 bridgehead atoms. The van der Waals surface area contributed by atoms with Crippen LogP contribution in [0.5, 0.6) is 11.5 Å². The van der Waals surface area contributed by atoms with E-state index in [0.29, 0.717) is 13.2 Å². The lowest BCUT2D eigenvalue weighted by atomic mass is 10.1. The number of ether oxygens (including phenoxy) is 2. The van der Waals surface area contributed by atoms with E-state index in [1.54, 1.807) is 7.11 Å². The third-order valence-corrected chi connectivity index (χ3v) is 2.87. The monoisotopic (exact) mass is 257 g/mol. The highest BCUT2D eigenvalue weighted by Crippen LogP contribution is 2.17. The Kier molecular flexibility index (Phi) is 4.81. The molecule has 0 atom stereocenters. The van der Waals surface area contributed by atoms with Crippen LogP contribution < -0.4 is 15.2 Å². The number of benzene rings is 2. The quantitative estimate of drug-likeness (QED) is 0.865. The van der Waals surface area contributed by atoms with Gasteiger partial charge in [-0.3, -0.25) is 0 Å². The Hall–Kier alpha value is -2.00. The van der Waals surface area contributed by atoms with Gasteiger partial charge in [-0.25, -0.2) is 0 Å². The predicted octanol–water partition coefficient (Wildman–Crippen LogP) is 2.78. The number of hydrogen-bond acceptors (Lipinski definition) is 3. The molecule has 3 heteroatoms. The Balaban J connectivity index is 1.99. The number of methoxy groups -OCH3 is 1. The molecular formula is C16H19NO2. The molecule has 2 rings (SSSR count). The van der Waals surface area contributed by atoms with Gasteiger partial charge in [-0.05, 0) is 48.4 Å². The summed E-state index contributed by atoms with van der Waals surface area (Å²) in [4.78, 5) is 0. The standard InChI is InChI=1S/C16H19NO2/c1-18-15-6-3-5-14(11-15)12-19-16-7-2-4-13(10-16)8-9-17/h2-7,10-11H,8-9,12,17H2,1H3. The van der Waals surface area contributed by atoms with E-state index in [2.05, 4.69) is 6.07 Å². The van der Waals surface area contributed by atoms with Crippen LogP contribution in [0.1, 0.15) is 11.1 Å². The summed E-state index contributed by atoms with van der Waals surface area (Å²) < 4.78 is 11.0. The molecule has 0 aliphatic rings. The molecule has 0 amide bonds. The van der Waals surface area contributed by atoms with E-state index in [4.69, 9.17) is 15.2 Å². The molecule has 2 N–H and O–H groups in total. The first-order valence-electron chi connectivity index (χ1n) is 6.36. The van der Waals surface area contributed by atoms with Crippen molar-refractivity contribution in [3.8, 4) is 11.5 Å². The average Bonchev–Trinajstić information content (AvgIpc) is 2.46. The van der Waals surface area contributed by atoms with Crippen molar-refractivity contribution >= 4 is 0 Å². The van der Waals surface area contributed by atoms with E-state index >= 15 is 0 Å². The number of rotatable bonds is 6. The SMILES string of the molecule is COc1cccc(COc2cccc(CCN)c2)c1. The van der Waals surface area contributed by atoms with Gasteiger partial charge in [0.25, 0.3) is 0 Å². The lowest BCUT2D eigenvalue weighted by molar-refractivity contribution is 0.305. The highest BCUT2D eigenvalue weighted by Gasteiger charge is 1.99. The highest BCUT2D eigenvalue weighted by molar-refractivity contribution is 5.31. The predicted molar refractivity (Wildman–Crippen MR) is 76.5 cm³/mol. The first-order valence-corrected chi connectivity index (χ1v) is 6.36. The summed E-state index contributed by atoms with van der Waals surface area (Å²) in [6.45, 7) is 1.18. The highest BCUT2D eigenvalue weighted by atomic mass is 16.5. The van der Waals surface area contributed by atoms with Gasteiger partial charge in [-0.15, -0.1) is 0 Å². The molecule has 19 heavy (non-hydrogen) atoms. The van der Waals surface area contributed by atoms with E-state index in [1.165, 1.54) is 5.56 Å². The first-order chi connectivity index (χ1) is 9.31. The fourth-order valence-electron chi connectivity index (χ4n) is 1.89. The first kappa shape index (κ1) is 13.4. The molecular weight excluding hydrogens is 238 g/mol. The zero-order valence-corrected chi connectivity index (χ0v) is 11.1. The molecule has 0 spiro atoms. The number of nitrogens with two attached hydrogens (primary N) is 1. The van der Waals surface area contributed by atoms with Gasteiger partial charge in [-0.2, -0.15) is 0 Å². The smallest absolute Gasteiger partial charge is 0.120 e. The van der Waals surface area contributed by atoms with Crippen LogP contribution in [0.2, 0.25) is 0 Å². The van der Waals surface area contributed by atoms with Crippen LogP contribution in [0, 0.1) is 0 Å². The third kappa shape index (κ3) is 4.00. The lowest BCUT2D eigenvalue weighted by Gasteiger charge is -2.09. The lowest BCUT2D eigenvalue weighted by Crippen LogP contribution is -2.03. The maximum absolute atomic E-state index is 5.78. The topological polar surface area (TPSA) is 44.5 Å². The van der Waals surface area contributed by atoms with E-state index in [1.807, 2.05) is 42.5 Å². The zero-order valence-electron chi connectivity index (χ0n) is 11.1.